The third-order valence-corrected chi connectivity index (χ3v) is 6.07. The van der Waals surface area contributed by atoms with Gasteiger partial charge in [-0.3, -0.25) is 9.59 Å². The molecule has 1 aromatic heterocycles. The van der Waals surface area contributed by atoms with Crippen molar-refractivity contribution in [1.82, 2.24) is 0 Å². The first-order chi connectivity index (χ1) is 12.6. The van der Waals surface area contributed by atoms with Crippen molar-refractivity contribution in [3.05, 3.63) is 51.2 Å². The van der Waals surface area contributed by atoms with Crippen LogP contribution in [0.3, 0.4) is 0 Å². The molecule has 1 saturated heterocycles. The van der Waals surface area contributed by atoms with Gasteiger partial charge in [-0.1, -0.05) is 0 Å². The number of aryl methyl sites for hydroxylation is 2. The molecular formula is C20H19NO4S. The zero-order valence-corrected chi connectivity index (χ0v) is 15.1. The lowest BCUT2D eigenvalue weighted by molar-refractivity contribution is -0.117. The van der Waals surface area contributed by atoms with Crippen LogP contribution in [0.2, 0.25) is 0 Å². The third-order valence-electron chi connectivity index (χ3n) is 4.86. The zero-order chi connectivity index (χ0) is 18.1. The van der Waals surface area contributed by atoms with Crippen LogP contribution in [0.4, 0.5) is 5.69 Å². The molecule has 2 aliphatic rings. The summed E-state index contributed by atoms with van der Waals surface area (Å²) in [5, 5.41) is 0. The quantitative estimate of drug-likeness (QED) is 0.599. The molecule has 1 fully saturated rings. The van der Waals surface area contributed by atoms with Crippen LogP contribution in [0.25, 0.3) is 0 Å². The molecule has 0 radical (unpaired) electrons. The summed E-state index contributed by atoms with van der Waals surface area (Å²) in [4.78, 5) is 39.7. The van der Waals surface area contributed by atoms with Gasteiger partial charge in [-0.2, -0.15) is 0 Å². The topological polar surface area (TPSA) is 63.7 Å². The van der Waals surface area contributed by atoms with Crippen LogP contribution in [0.15, 0.2) is 30.3 Å². The molecule has 2 aromatic rings. The van der Waals surface area contributed by atoms with Crippen molar-refractivity contribution in [2.75, 3.05) is 18.1 Å². The predicted molar refractivity (Wildman–Crippen MR) is 99.0 cm³/mol. The Kier molecular flexibility index (Phi) is 4.59. The molecule has 4 rings (SSSR count). The molecule has 0 unspecified atom stereocenters. The van der Waals surface area contributed by atoms with Gasteiger partial charge in [-0.25, -0.2) is 4.79 Å². The molecule has 1 aliphatic carbocycles. The van der Waals surface area contributed by atoms with E-state index < -0.39 is 5.97 Å². The van der Waals surface area contributed by atoms with E-state index in [0.717, 1.165) is 31.4 Å². The SMILES string of the molecule is O=C(COC(=O)c1cc2c(s1)CCC2)c1ccc(N2CCCC2=O)cc1. The number of anilines is 1. The maximum Gasteiger partial charge on any atom is 0.348 e. The van der Waals surface area contributed by atoms with E-state index in [0.29, 0.717) is 23.4 Å². The lowest BCUT2D eigenvalue weighted by Crippen LogP contribution is -2.23. The Hall–Kier alpha value is -2.47. The van der Waals surface area contributed by atoms with Crippen molar-refractivity contribution in [1.29, 1.82) is 0 Å². The molecule has 0 saturated carbocycles. The van der Waals surface area contributed by atoms with Crippen LogP contribution in [0.5, 0.6) is 0 Å². The fourth-order valence-electron chi connectivity index (χ4n) is 3.46. The van der Waals surface area contributed by atoms with Crippen LogP contribution in [-0.4, -0.2) is 30.8 Å². The summed E-state index contributed by atoms with van der Waals surface area (Å²) in [6.07, 6.45) is 4.63. The number of Topliss-reactive ketones (excluding diaryl/α,β-unsaturated/α-hetero) is 1. The number of fused-ring (bicyclic) bond motifs is 1. The monoisotopic (exact) mass is 369 g/mol. The molecule has 0 atom stereocenters. The fourth-order valence-corrected chi connectivity index (χ4v) is 4.61. The van der Waals surface area contributed by atoms with Crippen LogP contribution < -0.4 is 4.90 Å². The molecule has 6 heteroatoms. The van der Waals surface area contributed by atoms with E-state index in [4.69, 9.17) is 4.74 Å². The molecule has 1 aromatic carbocycles. The third kappa shape index (κ3) is 3.29. The van der Waals surface area contributed by atoms with E-state index in [2.05, 4.69) is 0 Å². The van der Waals surface area contributed by atoms with Gasteiger partial charge >= 0.3 is 5.97 Å². The molecular weight excluding hydrogens is 350 g/mol. The maximum absolute atomic E-state index is 12.3. The summed E-state index contributed by atoms with van der Waals surface area (Å²) in [7, 11) is 0. The maximum atomic E-state index is 12.3. The van der Waals surface area contributed by atoms with E-state index in [1.807, 2.05) is 6.07 Å². The van der Waals surface area contributed by atoms with Crippen molar-refractivity contribution in [2.24, 2.45) is 0 Å². The van der Waals surface area contributed by atoms with E-state index in [1.54, 1.807) is 29.2 Å². The number of nitrogens with zero attached hydrogens (tertiary/aromatic N) is 1. The zero-order valence-electron chi connectivity index (χ0n) is 14.3. The summed E-state index contributed by atoms with van der Waals surface area (Å²) in [5.41, 5.74) is 2.51. The van der Waals surface area contributed by atoms with Crippen molar-refractivity contribution in [2.45, 2.75) is 32.1 Å². The van der Waals surface area contributed by atoms with Gasteiger partial charge in [-0.05, 0) is 61.6 Å². The molecule has 134 valence electrons. The van der Waals surface area contributed by atoms with Gasteiger partial charge in [0, 0.05) is 29.1 Å². The summed E-state index contributed by atoms with van der Waals surface area (Å²) in [6.45, 7) is 0.442. The molecule has 5 nitrogen and oxygen atoms in total. The minimum absolute atomic E-state index is 0.112. The number of carbonyl (C=O) groups is 3. The highest BCUT2D eigenvalue weighted by molar-refractivity contribution is 7.14. The number of ketones is 1. The van der Waals surface area contributed by atoms with Gasteiger partial charge in [0.25, 0.3) is 0 Å². The standard InChI is InChI=1S/C20H19NO4S/c22-16(12-25-20(24)18-11-14-3-1-4-17(14)26-18)13-6-8-15(9-7-13)21-10-2-5-19(21)23/h6-9,11H,1-5,10,12H2. The van der Waals surface area contributed by atoms with Crippen molar-refractivity contribution in [3.63, 3.8) is 0 Å². The van der Waals surface area contributed by atoms with Gasteiger partial charge in [0.15, 0.2) is 12.4 Å². The van der Waals surface area contributed by atoms with Crippen LogP contribution in [0, 0.1) is 0 Å². The summed E-state index contributed by atoms with van der Waals surface area (Å²) >= 11 is 1.47. The minimum Gasteiger partial charge on any atom is -0.453 e. The number of benzene rings is 1. The highest BCUT2D eigenvalue weighted by Gasteiger charge is 2.22. The van der Waals surface area contributed by atoms with Crippen molar-refractivity contribution < 1.29 is 19.1 Å². The van der Waals surface area contributed by atoms with E-state index in [9.17, 15) is 14.4 Å². The molecule has 2 heterocycles. The lowest BCUT2D eigenvalue weighted by atomic mass is 10.1. The Balaban J connectivity index is 1.35. The number of thiophene rings is 1. The first kappa shape index (κ1) is 17.0. The largest absolute Gasteiger partial charge is 0.453 e. The Morgan fingerprint density at radius 1 is 1.08 bits per heavy atom. The Labute approximate surface area is 155 Å². The lowest BCUT2D eigenvalue weighted by Gasteiger charge is -2.15. The summed E-state index contributed by atoms with van der Waals surface area (Å²) in [5.74, 6) is -0.570. The molecule has 1 amide bonds. The highest BCUT2D eigenvalue weighted by atomic mass is 32.1. The number of carbonyl (C=O) groups excluding carboxylic acids is 3. The van der Waals surface area contributed by atoms with Gasteiger partial charge in [0.2, 0.25) is 5.91 Å². The second-order valence-electron chi connectivity index (χ2n) is 6.61. The van der Waals surface area contributed by atoms with E-state index >= 15 is 0 Å². The molecule has 0 N–H and O–H groups in total. The van der Waals surface area contributed by atoms with Crippen molar-refractivity contribution in [3.8, 4) is 0 Å². The first-order valence-electron chi connectivity index (χ1n) is 8.84. The molecule has 26 heavy (non-hydrogen) atoms. The Morgan fingerprint density at radius 3 is 2.58 bits per heavy atom. The van der Waals surface area contributed by atoms with Crippen LogP contribution in [0.1, 0.15) is 49.7 Å². The second kappa shape index (κ2) is 7.03. The number of hydrogen-bond acceptors (Lipinski definition) is 5. The predicted octanol–water partition coefficient (Wildman–Crippen LogP) is 3.40. The number of amides is 1. The van der Waals surface area contributed by atoms with Crippen LogP contribution in [-0.2, 0) is 22.4 Å². The number of esters is 1. The summed E-state index contributed by atoms with van der Waals surface area (Å²) in [6, 6.07) is 8.78. The normalized spacial score (nSPS) is 16.0. The van der Waals surface area contributed by atoms with Gasteiger partial charge in [0.1, 0.15) is 4.88 Å². The average Bonchev–Trinajstić information content (AvgIpc) is 3.35. The first-order valence-corrected chi connectivity index (χ1v) is 9.66. The minimum atomic E-state index is -0.433. The molecule has 0 spiro atoms. The van der Waals surface area contributed by atoms with E-state index in [1.165, 1.54) is 21.8 Å². The number of hydrogen-bond donors (Lipinski definition) is 0. The van der Waals surface area contributed by atoms with Crippen LogP contribution >= 0.6 is 11.3 Å². The fraction of sp³-hybridized carbons (Fsp3) is 0.350. The number of rotatable bonds is 5. The van der Waals surface area contributed by atoms with Gasteiger partial charge < -0.3 is 9.64 Å². The average molecular weight is 369 g/mol. The smallest absolute Gasteiger partial charge is 0.348 e. The second-order valence-corrected chi connectivity index (χ2v) is 7.74. The van der Waals surface area contributed by atoms with E-state index in [-0.39, 0.29) is 18.3 Å². The van der Waals surface area contributed by atoms with Gasteiger partial charge in [-0.15, -0.1) is 11.3 Å². The summed E-state index contributed by atoms with van der Waals surface area (Å²) < 4.78 is 5.19. The molecule has 1 aliphatic heterocycles. The van der Waals surface area contributed by atoms with Crippen molar-refractivity contribution >= 4 is 34.7 Å². The Bertz CT molecular complexity index is 847. The number of ether oxygens (including phenoxy) is 1. The molecule has 0 bridgehead atoms. The van der Waals surface area contributed by atoms with Gasteiger partial charge in [0.05, 0.1) is 0 Å². The Morgan fingerprint density at radius 2 is 1.88 bits per heavy atom. The highest BCUT2D eigenvalue weighted by Crippen LogP contribution is 2.31.